The van der Waals surface area contributed by atoms with E-state index in [2.05, 4.69) is 10.1 Å². The molecule has 0 amide bonds. The van der Waals surface area contributed by atoms with Crippen LogP contribution in [0.3, 0.4) is 0 Å². The fraction of sp³-hybridized carbons (Fsp3) is 0.133. The predicted octanol–water partition coefficient (Wildman–Crippen LogP) is 1.87. The van der Waals surface area contributed by atoms with Crippen LogP contribution in [0, 0.1) is 0 Å². The van der Waals surface area contributed by atoms with Gasteiger partial charge in [-0.3, -0.25) is 4.79 Å². The summed E-state index contributed by atoms with van der Waals surface area (Å²) in [6, 6.07) is 10.8. The fourth-order valence-corrected chi connectivity index (χ4v) is 2.16. The predicted molar refractivity (Wildman–Crippen MR) is 77.2 cm³/mol. The number of esters is 1. The minimum Gasteiger partial charge on any atom is -0.462 e. The smallest absolute Gasteiger partial charge is 0.343 e. The van der Waals surface area contributed by atoms with Gasteiger partial charge >= 0.3 is 5.97 Å². The third-order valence-electron chi connectivity index (χ3n) is 3.07. The molecule has 0 fully saturated rings. The summed E-state index contributed by atoms with van der Waals surface area (Å²) in [5, 5.41) is 4.19. The van der Waals surface area contributed by atoms with E-state index in [9.17, 15) is 9.59 Å². The standard InChI is InChI=1S/C15H13N3O3/c1-2-21-15(20)11-9-16-18-12(8-13(19)17-14(11)18)10-6-4-3-5-7-10/h3-9H,2H2,1H3,(H,17,19). The van der Waals surface area contributed by atoms with Gasteiger partial charge in [-0.2, -0.15) is 5.10 Å². The van der Waals surface area contributed by atoms with Crippen molar-refractivity contribution in [2.45, 2.75) is 6.92 Å². The van der Waals surface area contributed by atoms with E-state index in [0.717, 1.165) is 5.56 Å². The lowest BCUT2D eigenvalue weighted by molar-refractivity contribution is 0.0528. The third kappa shape index (κ3) is 2.31. The molecule has 3 aromatic rings. The van der Waals surface area contributed by atoms with Crippen LogP contribution in [-0.2, 0) is 4.74 Å². The van der Waals surface area contributed by atoms with Crippen LogP contribution in [0.1, 0.15) is 17.3 Å². The lowest BCUT2D eigenvalue weighted by Crippen LogP contribution is -2.12. The first kappa shape index (κ1) is 13.1. The highest BCUT2D eigenvalue weighted by atomic mass is 16.5. The van der Waals surface area contributed by atoms with Crippen LogP contribution in [-0.4, -0.2) is 27.2 Å². The van der Waals surface area contributed by atoms with Gasteiger partial charge in [0.25, 0.3) is 5.56 Å². The number of carbonyl (C=O) groups is 1. The Kier molecular flexibility index (Phi) is 3.27. The molecule has 0 radical (unpaired) electrons. The lowest BCUT2D eigenvalue weighted by Gasteiger charge is -2.05. The van der Waals surface area contributed by atoms with Crippen molar-refractivity contribution in [2.75, 3.05) is 6.61 Å². The maximum absolute atomic E-state index is 11.9. The topological polar surface area (TPSA) is 76.5 Å². The number of H-pyrrole nitrogens is 1. The Balaban J connectivity index is 2.24. The van der Waals surface area contributed by atoms with Crippen LogP contribution in [0.25, 0.3) is 16.9 Å². The van der Waals surface area contributed by atoms with E-state index in [4.69, 9.17) is 4.74 Å². The first-order valence-corrected chi connectivity index (χ1v) is 6.54. The largest absolute Gasteiger partial charge is 0.462 e. The van der Waals surface area contributed by atoms with Crippen LogP contribution in [0.15, 0.2) is 47.4 Å². The second-order valence-corrected chi connectivity index (χ2v) is 4.42. The summed E-state index contributed by atoms with van der Waals surface area (Å²) in [4.78, 5) is 26.4. The second kappa shape index (κ2) is 5.24. The molecule has 1 aromatic carbocycles. The SMILES string of the molecule is CCOC(=O)c1cnn2c(-c3ccccc3)cc(=O)[nH]c12. The molecule has 106 valence electrons. The molecule has 0 bridgehead atoms. The average molecular weight is 283 g/mol. The molecule has 1 N–H and O–H groups in total. The van der Waals surface area contributed by atoms with E-state index in [1.807, 2.05) is 30.3 Å². The van der Waals surface area contributed by atoms with E-state index in [1.54, 1.807) is 6.92 Å². The minimum absolute atomic E-state index is 0.242. The van der Waals surface area contributed by atoms with E-state index in [0.29, 0.717) is 11.3 Å². The molecule has 0 aliphatic rings. The van der Waals surface area contributed by atoms with E-state index >= 15 is 0 Å². The molecule has 0 saturated heterocycles. The fourth-order valence-electron chi connectivity index (χ4n) is 2.16. The van der Waals surface area contributed by atoms with Crippen molar-refractivity contribution in [1.29, 1.82) is 0 Å². The Morgan fingerprint density at radius 3 is 2.81 bits per heavy atom. The molecule has 2 aromatic heterocycles. The number of nitrogens with one attached hydrogen (secondary N) is 1. The lowest BCUT2D eigenvalue weighted by atomic mass is 10.1. The van der Waals surface area contributed by atoms with Crippen LogP contribution >= 0.6 is 0 Å². The summed E-state index contributed by atoms with van der Waals surface area (Å²) >= 11 is 0. The van der Waals surface area contributed by atoms with E-state index in [1.165, 1.54) is 16.8 Å². The molecule has 6 nitrogen and oxygen atoms in total. The van der Waals surface area contributed by atoms with Crippen LogP contribution in [0.5, 0.6) is 0 Å². The van der Waals surface area contributed by atoms with Crippen molar-refractivity contribution in [3.63, 3.8) is 0 Å². The molecule has 3 rings (SSSR count). The third-order valence-corrected chi connectivity index (χ3v) is 3.07. The molecule has 0 atom stereocenters. The Labute approximate surface area is 120 Å². The van der Waals surface area contributed by atoms with Gasteiger partial charge in [-0.25, -0.2) is 9.31 Å². The number of ether oxygens (including phenoxy) is 1. The summed E-state index contributed by atoms with van der Waals surface area (Å²) in [5.41, 5.74) is 1.73. The molecule has 0 aliphatic carbocycles. The Hall–Kier alpha value is -2.89. The van der Waals surface area contributed by atoms with Crippen molar-refractivity contribution in [3.05, 3.63) is 58.5 Å². The van der Waals surface area contributed by atoms with Crippen LogP contribution in [0.4, 0.5) is 0 Å². The molecule has 2 heterocycles. The number of rotatable bonds is 3. The zero-order chi connectivity index (χ0) is 14.8. The number of aromatic nitrogens is 3. The molecule has 0 aliphatic heterocycles. The summed E-state index contributed by atoms with van der Waals surface area (Å²) in [6.07, 6.45) is 1.40. The molecular formula is C15H13N3O3. The highest BCUT2D eigenvalue weighted by Gasteiger charge is 2.17. The van der Waals surface area contributed by atoms with Crippen LogP contribution < -0.4 is 5.56 Å². The van der Waals surface area contributed by atoms with Crippen molar-refractivity contribution < 1.29 is 9.53 Å². The Morgan fingerprint density at radius 1 is 1.33 bits per heavy atom. The number of fused-ring (bicyclic) bond motifs is 1. The van der Waals surface area contributed by atoms with Gasteiger partial charge in [0.1, 0.15) is 5.56 Å². The number of nitrogens with zero attached hydrogens (tertiary/aromatic N) is 2. The highest BCUT2D eigenvalue weighted by molar-refractivity contribution is 5.95. The van der Waals surface area contributed by atoms with Gasteiger partial charge in [0.05, 0.1) is 18.5 Å². The van der Waals surface area contributed by atoms with Gasteiger partial charge < -0.3 is 9.72 Å². The summed E-state index contributed by atoms with van der Waals surface area (Å²) in [7, 11) is 0. The number of hydrogen-bond acceptors (Lipinski definition) is 4. The highest BCUT2D eigenvalue weighted by Crippen LogP contribution is 2.19. The van der Waals surface area contributed by atoms with Gasteiger partial charge in [-0.15, -0.1) is 0 Å². The molecule has 21 heavy (non-hydrogen) atoms. The molecule has 0 unspecified atom stereocenters. The molecule has 6 heteroatoms. The van der Waals surface area contributed by atoms with Gasteiger partial charge in [-0.05, 0) is 6.92 Å². The molecule has 0 spiro atoms. The Morgan fingerprint density at radius 2 is 2.10 bits per heavy atom. The molecule has 0 saturated carbocycles. The van der Waals surface area contributed by atoms with Gasteiger partial charge in [-0.1, -0.05) is 30.3 Å². The molecular weight excluding hydrogens is 270 g/mol. The van der Waals surface area contributed by atoms with Crippen molar-refractivity contribution >= 4 is 11.6 Å². The van der Waals surface area contributed by atoms with Gasteiger partial charge in [0.15, 0.2) is 5.65 Å². The number of benzene rings is 1. The normalized spacial score (nSPS) is 10.7. The zero-order valence-corrected chi connectivity index (χ0v) is 11.4. The maximum atomic E-state index is 11.9. The number of carbonyl (C=O) groups excluding carboxylic acids is 1. The second-order valence-electron chi connectivity index (χ2n) is 4.42. The monoisotopic (exact) mass is 283 g/mol. The van der Waals surface area contributed by atoms with E-state index in [-0.39, 0.29) is 17.7 Å². The summed E-state index contributed by atoms with van der Waals surface area (Å²) < 4.78 is 6.50. The Bertz CT molecular complexity index is 849. The van der Waals surface area contributed by atoms with Crippen molar-refractivity contribution in [1.82, 2.24) is 14.6 Å². The van der Waals surface area contributed by atoms with Crippen LogP contribution in [0.2, 0.25) is 0 Å². The minimum atomic E-state index is -0.506. The first-order valence-electron chi connectivity index (χ1n) is 6.54. The average Bonchev–Trinajstić information content (AvgIpc) is 2.91. The number of aromatic amines is 1. The summed E-state index contributed by atoms with van der Waals surface area (Å²) in [6.45, 7) is 1.99. The number of hydrogen-bond donors (Lipinski definition) is 1. The maximum Gasteiger partial charge on any atom is 0.343 e. The van der Waals surface area contributed by atoms with Crippen molar-refractivity contribution in [2.24, 2.45) is 0 Å². The summed E-state index contributed by atoms with van der Waals surface area (Å²) in [5.74, 6) is -0.506. The van der Waals surface area contributed by atoms with E-state index < -0.39 is 5.97 Å². The van der Waals surface area contributed by atoms with Crippen molar-refractivity contribution in [3.8, 4) is 11.3 Å². The quantitative estimate of drug-likeness (QED) is 0.744. The first-order chi connectivity index (χ1) is 10.2. The zero-order valence-electron chi connectivity index (χ0n) is 11.4. The van der Waals surface area contributed by atoms with Gasteiger partial charge in [0.2, 0.25) is 0 Å². The van der Waals surface area contributed by atoms with Gasteiger partial charge in [0, 0.05) is 11.6 Å².